The lowest BCUT2D eigenvalue weighted by molar-refractivity contribution is 1.74. The summed E-state index contributed by atoms with van der Waals surface area (Å²) >= 11 is 1.83. The molecule has 0 aromatic rings. The first kappa shape index (κ1) is 4.00. The molecule has 0 bridgehead atoms. The molecule has 1 rings (SSSR count). The van der Waals surface area contributed by atoms with Crippen molar-refractivity contribution in [2.75, 3.05) is 5.75 Å². The Kier molecular flexibility index (Phi) is 1.39. The van der Waals surface area contributed by atoms with Gasteiger partial charge >= 0.3 is 0 Å². The van der Waals surface area contributed by atoms with Gasteiger partial charge in [-0.3, -0.25) is 0 Å². The van der Waals surface area contributed by atoms with Crippen LogP contribution in [0.3, 0.4) is 0 Å². The van der Waals surface area contributed by atoms with Crippen molar-refractivity contribution in [3.63, 3.8) is 0 Å². The number of hydrogen-bond donors (Lipinski definition) is 0. The SMILES string of the molecule is C1=[13CH][13CH]=[13CH][13CH2]S1. The summed E-state index contributed by atoms with van der Waals surface area (Å²) in [5.41, 5.74) is 0. The normalized spacial score (nSPS) is 18.7. The van der Waals surface area contributed by atoms with Crippen LogP contribution in [-0.2, 0) is 0 Å². The van der Waals surface area contributed by atoms with Gasteiger partial charge in [-0.05, 0) is 5.41 Å². The van der Waals surface area contributed by atoms with Crippen LogP contribution < -0.4 is 0 Å². The van der Waals surface area contributed by atoms with E-state index < -0.39 is 0 Å². The smallest absolute Gasteiger partial charge is 0.0157 e. The molecule has 0 unspecified atom stereocenters. The fraction of sp³-hybridized carbons (Fsp3) is 0.200. The van der Waals surface area contributed by atoms with Crippen molar-refractivity contribution in [1.82, 2.24) is 0 Å². The first-order valence-electron chi connectivity index (χ1n) is 1.93. The van der Waals surface area contributed by atoms with Crippen LogP contribution in [0.2, 0.25) is 0 Å². The maximum Gasteiger partial charge on any atom is 0.0157 e. The first-order valence-corrected chi connectivity index (χ1v) is 2.98. The summed E-state index contributed by atoms with van der Waals surface area (Å²) in [6.07, 6.45) is 6.26. The van der Waals surface area contributed by atoms with Crippen molar-refractivity contribution in [3.05, 3.63) is 23.6 Å². The van der Waals surface area contributed by atoms with E-state index in [1.165, 1.54) is 0 Å². The molecule has 0 saturated heterocycles. The molecule has 1 aliphatic heterocycles. The maximum atomic E-state index is 2.14. The van der Waals surface area contributed by atoms with Crippen molar-refractivity contribution in [2.45, 2.75) is 0 Å². The third kappa shape index (κ3) is 0.902. The molecule has 0 fully saturated rings. The predicted octanol–water partition coefficient (Wildman–Crippen LogP) is 1.80. The van der Waals surface area contributed by atoms with Crippen molar-refractivity contribution in [3.8, 4) is 0 Å². The molecule has 0 amide bonds. The van der Waals surface area contributed by atoms with Gasteiger partial charge in [0.2, 0.25) is 0 Å². The molecule has 0 spiro atoms. The number of allylic oxidation sites excluding steroid dienone is 2. The van der Waals surface area contributed by atoms with E-state index in [1.54, 1.807) is 0 Å². The van der Waals surface area contributed by atoms with Crippen LogP contribution in [0, 0.1) is 0 Å². The standard InChI is InChI=1S/C5H6S/c1-2-4-6-5-3-1/h1-4H,5H2/i1+1,2+1,3+1,5+1. The molecular weight excluding hydrogens is 96.1 g/mol. The third-order valence-corrected chi connectivity index (χ3v) is 1.35. The monoisotopic (exact) mass is 102 g/mol. The van der Waals surface area contributed by atoms with Crippen molar-refractivity contribution in [2.24, 2.45) is 0 Å². The molecule has 0 nitrogen and oxygen atoms in total. The average molecular weight is 102 g/mol. The first-order chi connectivity index (χ1) is 3.00. The minimum Gasteiger partial charge on any atom is -0.130 e. The Morgan fingerprint density at radius 3 is 2.50 bits per heavy atom. The van der Waals surface area contributed by atoms with Gasteiger partial charge in [0.25, 0.3) is 0 Å². The van der Waals surface area contributed by atoms with Gasteiger partial charge in [-0.1, -0.05) is 18.2 Å². The molecule has 32 valence electrons. The van der Waals surface area contributed by atoms with Gasteiger partial charge < -0.3 is 0 Å². The van der Waals surface area contributed by atoms with Crippen LogP contribution in [0.1, 0.15) is 0 Å². The zero-order chi connectivity index (χ0) is 4.24. The molecule has 0 N–H and O–H groups in total. The zero-order valence-corrected chi connectivity index (χ0v) is 4.24. The van der Waals surface area contributed by atoms with Crippen LogP contribution >= 0.6 is 11.8 Å². The molecular formula is C5H6S. The number of thioether (sulfide) groups is 1. The summed E-state index contributed by atoms with van der Waals surface area (Å²) in [6, 6.07) is 0. The summed E-state index contributed by atoms with van der Waals surface area (Å²) < 4.78 is 0. The van der Waals surface area contributed by atoms with Gasteiger partial charge in [-0.2, -0.15) is 0 Å². The van der Waals surface area contributed by atoms with E-state index in [0.717, 1.165) is 5.75 Å². The fourth-order valence-electron chi connectivity index (χ4n) is 0.346. The van der Waals surface area contributed by atoms with Crippen LogP contribution in [0.4, 0.5) is 0 Å². The maximum absolute atomic E-state index is 2.14. The van der Waals surface area contributed by atoms with Crippen LogP contribution in [0.25, 0.3) is 0 Å². The molecule has 6 heavy (non-hydrogen) atoms. The topological polar surface area (TPSA) is 0 Å². The Morgan fingerprint density at radius 1 is 1.33 bits per heavy atom. The lowest BCUT2D eigenvalue weighted by Crippen LogP contribution is -1.67. The molecule has 0 aromatic carbocycles. The Bertz CT molecular complexity index is 69.9. The van der Waals surface area contributed by atoms with Gasteiger partial charge in [-0.25, -0.2) is 0 Å². The van der Waals surface area contributed by atoms with Gasteiger partial charge in [0, 0.05) is 5.75 Å². The molecule has 1 heterocycles. The van der Waals surface area contributed by atoms with Gasteiger partial charge in [-0.15, -0.1) is 11.8 Å². The van der Waals surface area contributed by atoms with Crippen molar-refractivity contribution < 1.29 is 0 Å². The van der Waals surface area contributed by atoms with Crippen LogP contribution in [0.5, 0.6) is 0 Å². The summed E-state index contributed by atoms with van der Waals surface area (Å²) in [4.78, 5) is 0. The average Bonchev–Trinajstić information content (AvgIpc) is 1.72. The minimum atomic E-state index is 1.15. The lowest BCUT2D eigenvalue weighted by atomic mass is 11.3. The molecule has 1 heteroatoms. The number of rotatable bonds is 0. The van der Waals surface area contributed by atoms with E-state index in [4.69, 9.17) is 0 Å². The second-order valence-corrected chi connectivity index (χ2v) is 2.03. The van der Waals surface area contributed by atoms with Crippen molar-refractivity contribution >= 4 is 11.8 Å². The predicted molar refractivity (Wildman–Crippen MR) is 30.7 cm³/mol. The summed E-state index contributed by atoms with van der Waals surface area (Å²) in [5.74, 6) is 1.15. The third-order valence-electron chi connectivity index (χ3n) is 0.614. The summed E-state index contributed by atoms with van der Waals surface area (Å²) in [7, 11) is 0. The largest absolute Gasteiger partial charge is 0.130 e. The highest BCUT2D eigenvalue weighted by Gasteiger charge is 1.77. The van der Waals surface area contributed by atoms with Gasteiger partial charge in [0.05, 0.1) is 0 Å². The highest BCUT2D eigenvalue weighted by atomic mass is 32.2. The van der Waals surface area contributed by atoms with E-state index in [1.807, 2.05) is 17.8 Å². The van der Waals surface area contributed by atoms with Crippen molar-refractivity contribution in [1.29, 1.82) is 0 Å². The Labute approximate surface area is 41.9 Å². The van der Waals surface area contributed by atoms with Crippen LogP contribution in [-0.4, -0.2) is 5.75 Å². The summed E-state index contributed by atoms with van der Waals surface area (Å²) in [6.45, 7) is 0. The van der Waals surface area contributed by atoms with E-state index in [2.05, 4.69) is 17.6 Å². The summed E-state index contributed by atoms with van der Waals surface area (Å²) in [5, 5.41) is 2.10. The van der Waals surface area contributed by atoms with E-state index >= 15 is 0 Å². The molecule has 1 aliphatic rings. The Morgan fingerprint density at radius 2 is 2.33 bits per heavy atom. The molecule has 0 radical (unpaired) electrons. The van der Waals surface area contributed by atoms with Gasteiger partial charge in [0.15, 0.2) is 0 Å². The highest BCUT2D eigenvalue weighted by molar-refractivity contribution is 8.02. The number of hydrogen-bond acceptors (Lipinski definition) is 1. The second-order valence-electron chi connectivity index (χ2n) is 1.09. The fourth-order valence-corrected chi connectivity index (χ4v) is 0.881. The molecule has 0 atom stereocenters. The molecule has 0 saturated carbocycles. The quantitative estimate of drug-likeness (QED) is 0.420. The van der Waals surface area contributed by atoms with Gasteiger partial charge in [0.1, 0.15) is 0 Å². The highest BCUT2D eigenvalue weighted by Crippen LogP contribution is 2.05. The lowest BCUT2D eigenvalue weighted by Gasteiger charge is -1.88. The molecule has 0 aliphatic carbocycles. The van der Waals surface area contributed by atoms with E-state index in [9.17, 15) is 0 Å². The Balaban J connectivity index is 2.46. The zero-order valence-electron chi connectivity index (χ0n) is 3.42. The Hall–Kier alpha value is -0.170. The van der Waals surface area contributed by atoms with E-state index in [0.29, 0.717) is 0 Å². The second kappa shape index (κ2) is 2.08. The molecule has 0 aromatic heterocycles. The minimum absolute atomic E-state index is 1.15. The van der Waals surface area contributed by atoms with E-state index in [-0.39, 0.29) is 0 Å². The van der Waals surface area contributed by atoms with Crippen LogP contribution in [0.15, 0.2) is 23.6 Å².